The van der Waals surface area contributed by atoms with Gasteiger partial charge >= 0.3 is 6.18 Å². The molecule has 16 heavy (non-hydrogen) atoms. The van der Waals surface area contributed by atoms with Crippen molar-refractivity contribution in [1.82, 2.24) is 5.32 Å². The molecule has 0 bridgehead atoms. The van der Waals surface area contributed by atoms with E-state index in [1.807, 2.05) is 0 Å². The van der Waals surface area contributed by atoms with Crippen molar-refractivity contribution in [2.24, 2.45) is 0 Å². The van der Waals surface area contributed by atoms with E-state index in [1.54, 1.807) is 7.05 Å². The first-order valence-corrected chi connectivity index (χ1v) is 4.55. The minimum absolute atomic E-state index is 0.0717. The highest BCUT2D eigenvalue weighted by Crippen LogP contribution is 2.31. The second-order valence-corrected chi connectivity index (χ2v) is 3.31. The average Bonchev–Trinajstić information content (AvgIpc) is 2.16. The molecule has 0 saturated heterocycles. The zero-order valence-corrected chi connectivity index (χ0v) is 8.48. The maximum absolute atomic E-state index is 13.3. The Bertz CT molecular complexity index is 364. The van der Waals surface area contributed by atoms with Gasteiger partial charge in [-0.25, -0.2) is 4.39 Å². The van der Waals surface area contributed by atoms with E-state index in [2.05, 4.69) is 5.32 Å². The quantitative estimate of drug-likeness (QED) is 0.789. The molecule has 2 nitrogen and oxygen atoms in total. The van der Waals surface area contributed by atoms with Crippen LogP contribution in [0.1, 0.15) is 17.2 Å². The second-order valence-electron chi connectivity index (χ2n) is 3.31. The Morgan fingerprint density at radius 1 is 1.38 bits per heavy atom. The number of rotatable bonds is 3. The molecule has 1 aromatic rings. The molecule has 2 N–H and O–H groups in total. The molecule has 1 atom stereocenters. The SMILES string of the molecule is CNCC(O)c1ccc(C(F)(F)F)cc1F. The summed E-state index contributed by atoms with van der Waals surface area (Å²) in [4.78, 5) is 0. The number of aliphatic hydroxyl groups excluding tert-OH is 1. The van der Waals surface area contributed by atoms with Crippen molar-refractivity contribution in [3.8, 4) is 0 Å². The van der Waals surface area contributed by atoms with E-state index in [4.69, 9.17) is 0 Å². The monoisotopic (exact) mass is 237 g/mol. The van der Waals surface area contributed by atoms with Crippen LogP contribution in [0.15, 0.2) is 18.2 Å². The van der Waals surface area contributed by atoms with Crippen LogP contribution in [0, 0.1) is 5.82 Å². The molecule has 0 aromatic heterocycles. The summed E-state index contributed by atoms with van der Waals surface area (Å²) in [6.07, 6.45) is -5.74. The largest absolute Gasteiger partial charge is 0.416 e. The van der Waals surface area contributed by atoms with Crippen LogP contribution < -0.4 is 5.32 Å². The molecule has 90 valence electrons. The van der Waals surface area contributed by atoms with Crippen LogP contribution >= 0.6 is 0 Å². The van der Waals surface area contributed by atoms with Crippen molar-refractivity contribution >= 4 is 0 Å². The minimum Gasteiger partial charge on any atom is -0.387 e. The zero-order valence-electron chi connectivity index (χ0n) is 8.48. The molecule has 0 spiro atoms. The van der Waals surface area contributed by atoms with Crippen LogP contribution in [0.4, 0.5) is 17.6 Å². The first-order chi connectivity index (χ1) is 7.36. The second kappa shape index (κ2) is 4.80. The summed E-state index contributed by atoms with van der Waals surface area (Å²) >= 11 is 0. The lowest BCUT2D eigenvalue weighted by Gasteiger charge is -2.13. The van der Waals surface area contributed by atoms with E-state index < -0.39 is 23.7 Å². The molecular formula is C10H11F4NO. The Balaban J connectivity index is 3.00. The first-order valence-electron chi connectivity index (χ1n) is 4.55. The summed E-state index contributed by atoms with van der Waals surface area (Å²) in [5.41, 5.74) is -1.22. The smallest absolute Gasteiger partial charge is 0.387 e. The average molecular weight is 237 g/mol. The fraction of sp³-hybridized carbons (Fsp3) is 0.400. The number of alkyl halides is 3. The molecular weight excluding hydrogens is 226 g/mol. The van der Waals surface area contributed by atoms with Crippen molar-refractivity contribution in [3.05, 3.63) is 35.1 Å². The van der Waals surface area contributed by atoms with Gasteiger partial charge in [-0.3, -0.25) is 0 Å². The molecule has 0 aliphatic heterocycles. The lowest BCUT2D eigenvalue weighted by atomic mass is 10.1. The molecule has 6 heteroatoms. The first kappa shape index (κ1) is 12.9. The van der Waals surface area contributed by atoms with Crippen LogP contribution in [0.25, 0.3) is 0 Å². The molecule has 0 heterocycles. The fourth-order valence-corrected chi connectivity index (χ4v) is 1.28. The van der Waals surface area contributed by atoms with Crippen molar-refractivity contribution in [2.45, 2.75) is 12.3 Å². The molecule has 1 unspecified atom stereocenters. The molecule has 0 fully saturated rings. The van der Waals surface area contributed by atoms with Crippen molar-refractivity contribution in [1.29, 1.82) is 0 Å². The van der Waals surface area contributed by atoms with E-state index in [0.717, 1.165) is 12.1 Å². The third-order valence-electron chi connectivity index (χ3n) is 2.08. The van der Waals surface area contributed by atoms with E-state index in [9.17, 15) is 22.7 Å². The molecule has 0 aliphatic carbocycles. The van der Waals surface area contributed by atoms with Crippen LogP contribution in [-0.2, 0) is 6.18 Å². The summed E-state index contributed by atoms with van der Waals surface area (Å²) in [5.74, 6) is -1.06. The van der Waals surface area contributed by atoms with E-state index in [-0.39, 0.29) is 12.1 Å². The summed E-state index contributed by atoms with van der Waals surface area (Å²) in [6.45, 7) is 0.0717. The topological polar surface area (TPSA) is 32.3 Å². The van der Waals surface area contributed by atoms with Gasteiger partial charge in [0.1, 0.15) is 5.82 Å². The van der Waals surface area contributed by atoms with Crippen molar-refractivity contribution in [3.63, 3.8) is 0 Å². The Labute approximate surface area is 89.9 Å². The Morgan fingerprint density at radius 3 is 2.44 bits per heavy atom. The van der Waals surface area contributed by atoms with Gasteiger partial charge in [0.2, 0.25) is 0 Å². The fourth-order valence-electron chi connectivity index (χ4n) is 1.28. The number of likely N-dealkylation sites (N-methyl/N-ethyl adjacent to an activating group) is 1. The minimum atomic E-state index is -4.58. The predicted octanol–water partition coefficient (Wildman–Crippen LogP) is 2.10. The number of halogens is 4. The summed E-state index contributed by atoms with van der Waals surface area (Å²) in [5, 5.41) is 12.0. The maximum Gasteiger partial charge on any atom is 0.416 e. The number of aliphatic hydroxyl groups is 1. The molecule has 0 radical (unpaired) electrons. The highest BCUT2D eigenvalue weighted by molar-refractivity contribution is 5.28. The van der Waals surface area contributed by atoms with Crippen LogP contribution in [0.2, 0.25) is 0 Å². The van der Waals surface area contributed by atoms with E-state index in [1.165, 1.54) is 0 Å². The van der Waals surface area contributed by atoms with Crippen LogP contribution in [0.5, 0.6) is 0 Å². The Kier molecular flexibility index (Phi) is 3.88. The van der Waals surface area contributed by atoms with Crippen LogP contribution in [-0.4, -0.2) is 18.7 Å². The number of hydrogen-bond acceptors (Lipinski definition) is 2. The lowest BCUT2D eigenvalue weighted by Crippen LogP contribution is -2.18. The van der Waals surface area contributed by atoms with Gasteiger partial charge in [0, 0.05) is 12.1 Å². The number of hydrogen-bond donors (Lipinski definition) is 2. The maximum atomic E-state index is 13.3. The van der Waals surface area contributed by atoms with E-state index in [0.29, 0.717) is 6.07 Å². The van der Waals surface area contributed by atoms with Gasteiger partial charge in [0.15, 0.2) is 0 Å². The summed E-state index contributed by atoms with van der Waals surface area (Å²) < 4.78 is 49.9. The molecule has 1 aromatic carbocycles. The molecule has 0 saturated carbocycles. The highest BCUT2D eigenvalue weighted by Gasteiger charge is 2.31. The molecule has 0 amide bonds. The Hall–Kier alpha value is -1.14. The van der Waals surface area contributed by atoms with Crippen molar-refractivity contribution in [2.75, 3.05) is 13.6 Å². The third-order valence-corrected chi connectivity index (χ3v) is 2.08. The lowest BCUT2D eigenvalue weighted by molar-refractivity contribution is -0.137. The Morgan fingerprint density at radius 2 is 2.00 bits per heavy atom. The molecule has 0 aliphatic rings. The van der Waals surface area contributed by atoms with Gasteiger partial charge < -0.3 is 10.4 Å². The third kappa shape index (κ3) is 2.93. The van der Waals surface area contributed by atoms with Gasteiger partial charge in [-0.15, -0.1) is 0 Å². The van der Waals surface area contributed by atoms with Gasteiger partial charge in [-0.2, -0.15) is 13.2 Å². The normalized spacial score (nSPS) is 13.9. The predicted molar refractivity (Wildman–Crippen MR) is 50.3 cm³/mol. The van der Waals surface area contributed by atoms with Crippen molar-refractivity contribution < 1.29 is 22.7 Å². The van der Waals surface area contributed by atoms with Gasteiger partial charge in [0.25, 0.3) is 0 Å². The number of nitrogens with one attached hydrogen (secondary N) is 1. The zero-order chi connectivity index (χ0) is 12.3. The van der Waals surface area contributed by atoms with E-state index >= 15 is 0 Å². The standard InChI is InChI=1S/C10H11F4NO/c1-15-5-9(16)7-3-2-6(4-8(7)11)10(12,13)14/h2-4,9,15-16H,5H2,1H3. The highest BCUT2D eigenvalue weighted by atomic mass is 19.4. The van der Waals surface area contributed by atoms with Gasteiger partial charge in [-0.1, -0.05) is 6.07 Å². The summed E-state index contributed by atoms with van der Waals surface area (Å²) in [6, 6.07) is 2.08. The number of benzene rings is 1. The van der Waals surface area contributed by atoms with Crippen LogP contribution in [0.3, 0.4) is 0 Å². The van der Waals surface area contributed by atoms with Gasteiger partial charge in [-0.05, 0) is 19.2 Å². The summed E-state index contributed by atoms with van der Waals surface area (Å²) in [7, 11) is 1.55. The van der Waals surface area contributed by atoms with Gasteiger partial charge in [0.05, 0.1) is 11.7 Å². The molecule has 1 rings (SSSR count).